The van der Waals surface area contributed by atoms with Gasteiger partial charge in [0.2, 0.25) is 11.8 Å². The second-order valence-corrected chi connectivity index (χ2v) is 5.65. The Morgan fingerprint density at radius 2 is 2.00 bits per heavy atom. The maximum atomic E-state index is 12.1. The molecule has 0 saturated carbocycles. The number of rotatable bonds is 7. The van der Waals surface area contributed by atoms with Crippen LogP contribution in [0.5, 0.6) is 5.75 Å². The van der Waals surface area contributed by atoms with E-state index in [9.17, 15) is 22.8 Å². The number of methoxy groups -OCH3 is 1. The molecule has 2 amide bonds. The van der Waals surface area contributed by atoms with Crippen molar-refractivity contribution in [2.45, 2.75) is 19.3 Å². The number of ether oxygens (including phenoxy) is 2. The van der Waals surface area contributed by atoms with Crippen LogP contribution in [-0.4, -0.2) is 49.9 Å². The molecule has 2 rings (SSSR count). The highest BCUT2D eigenvalue weighted by molar-refractivity contribution is 5.89. The number of benzene rings is 1. The van der Waals surface area contributed by atoms with Crippen LogP contribution in [0.15, 0.2) is 24.3 Å². The average molecular weight is 360 g/mol. The standard InChI is InChI=1S/C16H19F3N2O4/c1-24-7-6-20-15(23)12-8-14(22)21(10-12)9-11-2-4-13(5-3-11)25-16(17,18)19/h2-5,12H,6-10H2,1H3,(H,20,23)/t12-/m1/s1. The molecule has 6 nitrogen and oxygen atoms in total. The second-order valence-electron chi connectivity index (χ2n) is 5.65. The molecule has 0 bridgehead atoms. The molecule has 1 atom stereocenters. The lowest BCUT2D eigenvalue weighted by Gasteiger charge is -2.17. The van der Waals surface area contributed by atoms with Crippen LogP contribution >= 0.6 is 0 Å². The Kier molecular flexibility index (Phi) is 6.24. The Hall–Kier alpha value is -2.29. The number of hydrogen-bond acceptors (Lipinski definition) is 4. The van der Waals surface area contributed by atoms with Crippen molar-refractivity contribution in [3.63, 3.8) is 0 Å². The normalized spacial score (nSPS) is 17.7. The van der Waals surface area contributed by atoms with Crippen molar-refractivity contribution in [2.24, 2.45) is 5.92 Å². The van der Waals surface area contributed by atoms with Gasteiger partial charge in [-0.05, 0) is 17.7 Å². The summed E-state index contributed by atoms with van der Waals surface area (Å²) in [5.74, 6) is -1.12. The molecular weight excluding hydrogens is 341 g/mol. The van der Waals surface area contributed by atoms with Crippen LogP contribution in [0, 0.1) is 5.92 Å². The van der Waals surface area contributed by atoms with Crippen LogP contribution in [0.3, 0.4) is 0 Å². The molecule has 1 saturated heterocycles. The monoisotopic (exact) mass is 360 g/mol. The van der Waals surface area contributed by atoms with Gasteiger partial charge in [0.05, 0.1) is 12.5 Å². The minimum atomic E-state index is -4.74. The molecule has 1 heterocycles. The smallest absolute Gasteiger partial charge is 0.406 e. The molecule has 1 fully saturated rings. The van der Waals surface area contributed by atoms with E-state index in [0.717, 1.165) is 0 Å². The van der Waals surface area contributed by atoms with E-state index in [1.807, 2.05) is 0 Å². The molecule has 1 aliphatic heterocycles. The number of carbonyl (C=O) groups excluding carboxylic acids is 2. The van der Waals surface area contributed by atoms with E-state index in [1.54, 1.807) is 0 Å². The first-order valence-electron chi connectivity index (χ1n) is 7.67. The number of likely N-dealkylation sites (tertiary alicyclic amines) is 1. The lowest BCUT2D eigenvalue weighted by atomic mass is 10.1. The van der Waals surface area contributed by atoms with Gasteiger partial charge < -0.3 is 19.7 Å². The number of halogens is 3. The summed E-state index contributed by atoms with van der Waals surface area (Å²) >= 11 is 0. The largest absolute Gasteiger partial charge is 0.573 e. The van der Waals surface area contributed by atoms with E-state index in [-0.39, 0.29) is 37.1 Å². The fourth-order valence-corrected chi connectivity index (χ4v) is 2.54. The Morgan fingerprint density at radius 1 is 1.32 bits per heavy atom. The van der Waals surface area contributed by atoms with Crippen molar-refractivity contribution in [3.8, 4) is 5.75 Å². The number of amides is 2. The highest BCUT2D eigenvalue weighted by atomic mass is 19.4. The minimum Gasteiger partial charge on any atom is -0.406 e. The zero-order valence-electron chi connectivity index (χ0n) is 13.6. The topological polar surface area (TPSA) is 67.9 Å². The summed E-state index contributed by atoms with van der Waals surface area (Å²) < 4.78 is 45.0. The molecule has 9 heteroatoms. The van der Waals surface area contributed by atoms with E-state index >= 15 is 0 Å². The third kappa shape index (κ3) is 5.93. The van der Waals surface area contributed by atoms with Crippen LogP contribution in [0.2, 0.25) is 0 Å². The third-order valence-electron chi connectivity index (χ3n) is 3.72. The predicted octanol–water partition coefficient (Wildman–Crippen LogP) is 1.70. The van der Waals surface area contributed by atoms with Crippen molar-refractivity contribution >= 4 is 11.8 Å². The number of carbonyl (C=O) groups is 2. The summed E-state index contributed by atoms with van der Waals surface area (Å²) in [6.45, 7) is 1.27. The lowest BCUT2D eigenvalue weighted by molar-refractivity contribution is -0.274. The second kappa shape index (κ2) is 8.19. The van der Waals surface area contributed by atoms with Gasteiger partial charge in [-0.25, -0.2) is 0 Å². The first-order valence-corrected chi connectivity index (χ1v) is 7.67. The molecule has 25 heavy (non-hydrogen) atoms. The predicted molar refractivity (Wildman–Crippen MR) is 81.5 cm³/mol. The van der Waals surface area contributed by atoms with Crippen molar-refractivity contribution in [3.05, 3.63) is 29.8 Å². The highest BCUT2D eigenvalue weighted by Gasteiger charge is 2.34. The molecule has 0 aliphatic carbocycles. The van der Waals surface area contributed by atoms with Gasteiger partial charge >= 0.3 is 6.36 Å². The molecule has 1 aromatic carbocycles. The van der Waals surface area contributed by atoms with Crippen molar-refractivity contribution in [1.82, 2.24) is 10.2 Å². The van der Waals surface area contributed by atoms with Gasteiger partial charge in [-0.1, -0.05) is 12.1 Å². The van der Waals surface area contributed by atoms with Gasteiger partial charge in [0.25, 0.3) is 0 Å². The summed E-state index contributed by atoms with van der Waals surface area (Å²) in [4.78, 5) is 25.5. The average Bonchev–Trinajstić information content (AvgIpc) is 2.89. The molecular formula is C16H19F3N2O4. The van der Waals surface area contributed by atoms with Crippen LogP contribution in [-0.2, 0) is 20.9 Å². The quantitative estimate of drug-likeness (QED) is 0.752. The van der Waals surface area contributed by atoms with E-state index < -0.39 is 12.3 Å². The fourth-order valence-electron chi connectivity index (χ4n) is 2.54. The highest BCUT2D eigenvalue weighted by Crippen LogP contribution is 2.24. The van der Waals surface area contributed by atoms with Crippen LogP contribution in [0.25, 0.3) is 0 Å². The van der Waals surface area contributed by atoms with Gasteiger partial charge in [-0.3, -0.25) is 9.59 Å². The molecule has 0 radical (unpaired) electrons. The summed E-state index contributed by atoms with van der Waals surface area (Å²) in [6.07, 6.45) is -4.62. The zero-order valence-corrected chi connectivity index (χ0v) is 13.6. The van der Waals surface area contributed by atoms with Crippen molar-refractivity contribution in [2.75, 3.05) is 26.8 Å². The van der Waals surface area contributed by atoms with Gasteiger partial charge in [0.15, 0.2) is 0 Å². The minimum absolute atomic E-state index is 0.119. The number of hydrogen-bond donors (Lipinski definition) is 1. The SMILES string of the molecule is COCCNC(=O)[C@@H]1CC(=O)N(Cc2ccc(OC(F)(F)F)cc2)C1. The summed E-state index contributed by atoms with van der Waals surface area (Å²) in [5.41, 5.74) is 0.656. The fraction of sp³-hybridized carbons (Fsp3) is 0.500. The number of nitrogens with zero attached hydrogens (tertiary/aromatic N) is 1. The Morgan fingerprint density at radius 3 is 2.60 bits per heavy atom. The maximum Gasteiger partial charge on any atom is 0.573 e. The van der Waals surface area contributed by atoms with Crippen LogP contribution in [0.4, 0.5) is 13.2 Å². The molecule has 1 aliphatic rings. The van der Waals surface area contributed by atoms with Crippen LogP contribution in [0.1, 0.15) is 12.0 Å². The summed E-state index contributed by atoms with van der Waals surface area (Å²) in [6, 6.07) is 5.30. The van der Waals surface area contributed by atoms with E-state index in [2.05, 4.69) is 10.1 Å². The van der Waals surface area contributed by atoms with Gasteiger partial charge in [-0.2, -0.15) is 0 Å². The Balaban J connectivity index is 1.88. The summed E-state index contributed by atoms with van der Waals surface area (Å²) in [7, 11) is 1.53. The lowest BCUT2D eigenvalue weighted by Crippen LogP contribution is -2.34. The maximum absolute atomic E-state index is 12.1. The Labute approximate surface area is 142 Å². The number of alkyl halides is 3. The van der Waals surface area contributed by atoms with Gasteiger partial charge in [-0.15, -0.1) is 13.2 Å². The Bertz CT molecular complexity index is 604. The van der Waals surface area contributed by atoms with E-state index in [0.29, 0.717) is 18.7 Å². The molecule has 1 aromatic rings. The molecule has 1 N–H and O–H groups in total. The molecule has 138 valence electrons. The first-order chi connectivity index (χ1) is 11.8. The third-order valence-corrected chi connectivity index (χ3v) is 3.72. The molecule has 0 spiro atoms. The van der Waals surface area contributed by atoms with E-state index in [4.69, 9.17) is 4.74 Å². The summed E-state index contributed by atoms with van der Waals surface area (Å²) in [5, 5.41) is 2.69. The first kappa shape index (κ1) is 19.0. The van der Waals surface area contributed by atoms with Crippen LogP contribution < -0.4 is 10.1 Å². The molecule has 0 unspecified atom stereocenters. The van der Waals surface area contributed by atoms with Gasteiger partial charge in [0.1, 0.15) is 5.75 Å². The van der Waals surface area contributed by atoms with E-state index in [1.165, 1.54) is 36.3 Å². The molecule has 0 aromatic heterocycles. The number of nitrogens with one attached hydrogen (secondary N) is 1. The van der Waals surface area contributed by atoms with Crippen molar-refractivity contribution < 1.29 is 32.2 Å². The zero-order chi connectivity index (χ0) is 18.4. The van der Waals surface area contributed by atoms with Crippen molar-refractivity contribution in [1.29, 1.82) is 0 Å². The van der Waals surface area contributed by atoms with Gasteiger partial charge in [0, 0.05) is 33.2 Å².